The molecule has 0 aromatic heterocycles. The van der Waals surface area contributed by atoms with Crippen molar-refractivity contribution in [2.45, 2.75) is 19.8 Å². The molecule has 0 unspecified atom stereocenters. The fourth-order valence-electron chi connectivity index (χ4n) is 2.51. The summed E-state index contributed by atoms with van der Waals surface area (Å²) < 4.78 is 6.29. The minimum Gasteiger partial charge on any atom is -0.494 e. The van der Waals surface area contributed by atoms with Crippen molar-refractivity contribution in [1.82, 2.24) is 0 Å². The number of ether oxygens (including phenoxy) is 1. The van der Waals surface area contributed by atoms with Crippen molar-refractivity contribution in [2.75, 3.05) is 16.9 Å². The lowest BCUT2D eigenvalue weighted by molar-refractivity contribution is -0.118. The Balaban J connectivity index is 1.74. The van der Waals surface area contributed by atoms with Crippen LogP contribution in [0, 0.1) is 0 Å². The molecule has 0 saturated heterocycles. The first kappa shape index (κ1) is 18.1. The van der Waals surface area contributed by atoms with Crippen LogP contribution in [-0.2, 0) is 9.59 Å². The normalized spacial score (nSPS) is 14.0. The Bertz CT molecular complexity index is 832. The summed E-state index contributed by atoms with van der Waals surface area (Å²) in [5.41, 5.74) is 1.60. The van der Waals surface area contributed by atoms with E-state index in [4.69, 9.17) is 4.74 Å². The number of anilines is 2. The van der Waals surface area contributed by atoms with Crippen LogP contribution in [0.15, 0.2) is 58.1 Å². The van der Waals surface area contributed by atoms with Crippen LogP contribution in [0.5, 0.6) is 5.75 Å². The predicted molar refractivity (Wildman–Crippen MR) is 105 cm³/mol. The molecule has 134 valence electrons. The molecule has 1 N–H and O–H groups in total. The summed E-state index contributed by atoms with van der Waals surface area (Å²) in [6.07, 6.45) is 0.556. The number of nitrogens with one attached hydrogen (secondary N) is 1. The number of hydrogen-bond donors (Lipinski definition) is 1. The van der Waals surface area contributed by atoms with Crippen molar-refractivity contribution < 1.29 is 14.3 Å². The fraction of sp³-hybridized carbons (Fsp3) is 0.211. The molecule has 1 aliphatic rings. The van der Waals surface area contributed by atoms with Crippen LogP contribution in [0.25, 0.3) is 0 Å². The Hall–Kier alpha value is -2.67. The summed E-state index contributed by atoms with van der Waals surface area (Å²) in [7, 11) is 0. The Kier molecular flexibility index (Phi) is 5.68. The van der Waals surface area contributed by atoms with Gasteiger partial charge in [-0.2, -0.15) is 5.10 Å². The highest BCUT2D eigenvalue weighted by molar-refractivity contribution is 9.10. The number of amides is 2. The monoisotopic (exact) mass is 415 g/mol. The van der Waals surface area contributed by atoms with Crippen molar-refractivity contribution in [3.05, 3.63) is 53.0 Å². The molecule has 0 radical (unpaired) electrons. The standard InChI is InChI=1S/C19H18BrN3O3/c1-2-26-16-9-5-14(6-10-16)21-19(25)17-11-12-18(24)23(22-17)15-7-3-13(20)4-8-15/h3-10H,2,11-12H2,1H3,(H,21,25). The van der Waals surface area contributed by atoms with E-state index in [2.05, 4.69) is 26.3 Å². The lowest BCUT2D eigenvalue weighted by atomic mass is 10.1. The average Bonchev–Trinajstić information content (AvgIpc) is 2.65. The maximum Gasteiger partial charge on any atom is 0.271 e. The van der Waals surface area contributed by atoms with E-state index in [1.165, 1.54) is 5.01 Å². The molecule has 26 heavy (non-hydrogen) atoms. The van der Waals surface area contributed by atoms with Gasteiger partial charge in [-0.1, -0.05) is 15.9 Å². The van der Waals surface area contributed by atoms with E-state index >= 15 is 0 Å². The lowest BCUT2D eigenvalue weighted by Crippen LogP contribution is -2.36. The minimum atomic E-state index is -0.316. The molecule has 0 aliphatic carbocycles. The van der Waals surface area contributed by atoms with Gasteiger partial charge in [-0.25, -0.2) is 5.01 Å². The maximum atomic E-state index is 12.5. The van der Waals surface area contributed by atoms with Gasteiger partial charge in [-0.05, 0) is 55.5 Å². The van der Waals surface area contributed by atoms with Gasteiger partial charge in [0.2, 0.25) is 5.91 Å². The molecule has 2 aromatic carbocycles. The molecule has 0 atom stereocenters. The molecule has 0 spiro atoms. The number of hydrogen-bond acceptors (Lipinski definition) is 4. The van der Waals surface area contributed by atoms with Gasteiger partial charge in [-0.15, -0.1) is 0 Å². The molecule has 0 saturated carbocycles. The van der Waals surface area contributed by atoms with Crippen LogP contribution < -0.4 is 15.1 Å². The second-order valence-electron chi connectivity index (χ2n) is 5.64. The third-order valence-corrected chi connectivity index (χ3v) is 4.32. The molecule has 0 bridgehead atoms. The van der Waals surface area contributed by atoms with Crippen molar-refractivity contribution in [1.29, 1.82) is 0 Å². The zero-order chi connectivity index (χ0) is 18.5. The number of carbonyl (C=O) groups is 2. The van der Waals surface area contributed by atoms with E-state index in [1.807, 2.05) is 19.1 Å². The summed E-state index contributed by atoms with van der Waals surface area (Å²) in [6.45, 7) is 2.50. The van der Waals surface area contributed by atoms with Crippen LogP contribution in [0.3, 0.4) is 0 Å². The highest BCUT2D eigenvalue weighted by Gasteiger charge is 2.25. The summed E-state index contributed by atoms with van der Waals surface area (Å²) in [6, 6.07) is 14.3. The van der Waals surface area contributed by atoms with Gasteiger partial charge in [0.1, 0.15) is 11.5 Å². The SMILES string of the molecule is CCOc1ccc(NC(=O)C2=NN(c3ccc(Br)cc3)C(=O)CC2)cc1. The van der Waals surface area contributed by atoms with E-state index < -0.39 is 0 Å². The maximum absolute atomic E-state index is 12.5. The van der Waals surface area contributed by atoms with Crippen molar-refractivity contribution in [3.63, 3.8) is 0 Å². The van der Waals surface area contributed by atoms with Gasteiger partial charge in [0.15, 0.2) is 0 Å². The first-order valence-electron chi connectivity index (χ1n) is 8.27. The van der Waals surface area contributed by atoms with Crippen LogP contribution >= 0.6 is 15.9 Å². The van der Waals surface area contributed by atoms with E-state index in [9.17, 15) is 9.59 Å². The van der Waals surface area contributed by atoms with E-state index in [1.54, 1.807) is 36.4 Å². The van der Waals surface area contributed by atoms with E-state index in [-0.39, 0.29) is 18.2 Å². The van der Waals surface area contributed by atoms with Crippen molar-refractivity contribution in [2.24, 2.45) is 5.10 Å². The van der Waals surface area contributed by atoms with Crippen molar-refractivity contribution >= 4 is 44.8 Å². The Morgan fingerprint density at radius 3 is 2.50 bits per heavy atom. The Labute approximate surface area is 160 Å². The number of halogens is 1. The fourth-order valence-corrected chi connectivity index (χ4v) is 2.77. The number of hydrazone groups is 1. The number of nitrogens with zero attached hydrogens (tertiary/aromatic N) is 2. The predicted octanol–water partition coefficient (Wildman–Crippen LogP) is 3.97. The number of carbonyl (C=O) groups excluding carboxylic acids is 2. The molecule has 2 amide bonds. The molecule has 1 aliphatic heterocycles. The third kappa shape index (κ3) is 4.29. The molecule has 0 fully saturated rings. The summed E-state index contributed by atoms with van der Waals surface area (Å²) in [5, 5.41) is 8.34. The summed E-state index contributed by atoms with van der Waals surface area (Å²) >= 11 is 3.36. The van der Waals surface area contributed by atoms with Crippen LogP contribution in [0.4, 0.5) is 11.4 Å². The number of benzene rings is 2. The smallest absolute Gasteiger partial charge is 0.271 e. The van der Waals surface area contributed by atoms with Crippen LogP contribution in [-0.4, -0.2) is 24.1 Å². The molecule has 2 aromatic rings. The van der Waals surface area contributed by atoms with Crippen LogP contribution in [0.2, 0.25) is 0 Å². The minimum absolute atomic E-state index is 0.134. The highest BCUT2D eigenvalue weighted by Crippen LogP contribution is 2.23. The summed E-state index contributed by atoms with van der Waals surface area (Å²) in [4.78, 5) is 24.7. The lowest BCUT2D eigenvalue weighted by Gasteiger charge is -2.23. The second-order valence-corrected chi connectivity index (χ2v) is 6.56. The second kappa shape index (κ2) is 8.14. The topological polar surface area (TPSA) is 71.0 Å². The molecule has 6 nitrogen and oxygen atoms in total. The summed E-state index contributed by atoms with van der Waals surface area (Å²) in [5.74, 6) is 0.293. The van der Waals surface area contributed by atoms with Crippen molar-refractivity contribution in [3.8, 4) is 5.75 Å². The molecular weight excluding hydrogens is 398 g/mol. The first-order chi connectivity index (χ1) is 12.6. The first-order valence-corrected chi connectivity index (χ1v) is 9.06. The molecule has 7 heteroatoms. The zero-order valence-electron chi connectivity index (χ0n) is 14.2. The van der Waals surface area contributed by atoms with E-state index in [0.717, 1.165) is 10.2 Å². The molecule has 1 heterocycles. The van der Waals surface area contributed by atoms with Gasteiger partial charge < -0.3 is 10.1 Å². The Morgan fingerprint density at radius 2 is 1.85 bits per heavy atom. The highest BCUT2D eigenvalue weighted by atomic mass is 79.9. The largest absolute Gasteiger partial charge is 0.494 e. The van der Waals surface area contributed by atoms with Gasteiger partial charge in [0.05, 0.1) is 12.3 Å². The van der Waals surface area contributed by atoms with Gasteiger partial charge in [0, 0.05) is 23.0 Å². The quantitative estimate of drug-likeness (QED) is 0.802. The van der Waals surface area contributed by atoms with Crippen LogP contribution in [0.1, 0.15) is 19.8 Å². The van der Waals surface area contributed by atoms with Gasteiger partial charge in [-0.3, -0.25) is 9.59 Å². The van der Waals surface area contributed by atoms with E-state index in [0.29, 0.717) is 30.1 Å². The Morgan fingerprint density at radius 1 is 1.15 bits per heavy atom. The van der Waals surface area contributed by atoms with Gasteiger partial charge >= 0.3 is 0 Å². The zero-order valence-corrected chi connectivity index (χ0v) is 15.8. The third-order valence-electron chi connectivity index (χ3n) is 3.79. The number of rotatable bonds is 5. The molecule has 3 rings (SSSR count). The molecular formula is C19H18BrN3O3. The average molecular weight is 416 g/mol. The van der Waals surface area contributed by atoms with Gasteiger partial charge in [0.25, 0.3) is 5.91 Å².